The lowest BCUT2D eigenvalue weighted by Gasteiger charge is -1.98. The Labute approximate surface area is 87.7 Å². The number of aromatic carboxylic acids is 1. The first kappa shape index (κ1) is 10.2. The third-order valence-corrected chi connectivity index (χ3v) is 1.89. The number of nitrogens with one attached hydrogen (secondary N) is 1. The Kier molecular flexibility index (Phi) is 2.35. The van der Waals surface area contributed by atoms with Gasteiger partial charge in [0.15, 0.2) is 5.69 Å². The van der Waals surface area contributed by atoms with Crippen LogP contribution in [-0.4, -0.2) is 26.5 Å². The number of aromatic nitrogens is 3. The molecule has 1 aromatic carbocycles. The molecule has 2 N–H and O–H groups in total. The van der Waals surface area contributed by atoms with Gasteiger partial charge in [0.1, 0.15) is 17.3 Å². The molecular weight excluding hydrogens is 220 g/mol. The van der Waals surface area contributed by atoms with E-state index in [0.29, 0.717) is 6.07 Å². The molecule has 0 radical (unpaired) electrons. The van der Waals surface area contributed by atoms with Crippen molar-refractivity contribution in [2.75, 3.05) is 0 Å². The van der Waals surface area contributed by atoms with Crippen LogP contribution in [0.15, 0.2) is 18.2 Å². The van der Waals surface area contributed by atoms with Gasteiger partial charge in [-0.05, 0) is 12.1 Å². The van der Waals surface area contributed by atoms with E-state index in [-0.39, 0.29) is 17.0 Å². The minimum atomic E-state index is -1.33. The van der Waals surface area contributed by atoms with Crippen molar-refractivity contribution in [3.63, 3.8) is 0 Å². The summed E-state index contributed by atoms with van der Waals surface area (Å²) in [5.74, 6) is -2.95. The van der Waals surface area contributed by atoms with E-state index in [1.165, 1.54) is 0 Å². The second-order valence-corrected chi connectivity index (χ2v) is 2.98. The zero-order valence-corrected chi connectivity index (χ0v) is 7.74. The van der Waals surface area contributed by atoms with Gasteiger partial charge < -0.3 is 5.11 Å². The second-order valence-electron chi connectivity index (χ2n) is 2.98. The first-order valence-electron chi connectivity index (χ1n) is 4.18. The quantitative estimate of drug-likeness (QED) is 0.810. The van der Waals surface area contributed by atoms with Crippen LogP contribution in [-0.2, 0) is 0 Å². The molecule has 0 bridgehead atoms. The average Bonchev–Trinajstić information content (AvgIpc) is 2.63. The van der Waals surface area contributed by atoms with Gasteiger partial charge in [-0.3, -0.25) is 0 Å². The highest BCUT2D eigenvalue weighted by atomic mass is 19.1. The normalized spacial score (nSPS) is 10.4. The lowest BCUT2D eigenvalue weighted by Crippen LogP contribution is -1.99. The summed E-state index contributed by atoms with van der Waals surface area (Å²) >= 11 is 0. The van der Waals surface area contributed by atoms with Gasteiger partial charge in [0.25, 0.3) is 0 Å². The molecule has 0 aliphatic heterocycles. The summed E-state index contributed by atoms with van der Waals surface area (Å²) in [4.78, 5) is 10.7. The lowest BCUT2D eigenvalue weighted by molar-refractivity contribution is 0.0691. The Morgan fingerprint density at radius 3 is 2.38 bits per heavy atom. The smallest absolute Gasteiger partial charge is 0.358 e. The number of H-pyrrole nitrogens is 1. The maximum Gasteiger partial charge on any atom is 0.358 e. The van der Waals surface area contributed by atoms with Crippen molar-refractivity contribution >= 4 is 5.97 Å². The van der Waals surface area contributed by atoms with Crippen molar-refractivity contribution in [2.24, 2.45) is 0 Å². The number of rotatable bonds is 2. The van der Waals surface area contributed by atoms with Crippen LogP contribution in [0, 0.1) is 11.6 Å². The number of hydrogen-bond acceptors (Lipinski definition) is 3. The van der Waals surface area contributed by atoms with Gasteiger partial charge in [-0.25, -0.2) is 13.6 Å². The van der Waals surface area contributed by atoms with Gasteiger partial charge in [0, 0.05) is 11.6 Å². The van der Waals surface area contributed by atoms with E-state index < -0.39 is 17.6 Å². The van der Waals surface area contributed by atoms with Crippen LogP contribution in [0.2, 0.25) is 0 Å². The fourth-order valence-corrected chi connectivity index (χ4v) is 1.27. The molecule has 16 heavy (non-hydrogen) atoms. The van der Waals surface area contributed by atoms with Crippen molar-refractivity contribution in [2.45, 2.75) is 0 Å². The summed E-state index contributed by atoms with van der Waals surface area (Å²) in [6.45, 7) is 0. The molecule has 7 heteroatoms. The monoisotopic (exact) mass is 225 g/mol. The van der Waals surface area contributed by atoms with Gasteiger partial charge in [0.2, 0.25) is 0 Å². The van der Waals surface area contributed by atoms with Crippen LogP contribution in [0.4, 0.5) is 8.78 Å². The molecule has 0 aliphatic carbocycles. The first-order valence-corrected chi connectivity index (χ1v) is 4.18. The second kappa shape index (κ2) is 3.69. The van der Waals surface area contributed by atoms with Crippen molar-refractivity contribution < 1.29 is 18.7 Å². The molecule has 0 fully saturated rings. The van der Waals surface area contributed by atoms with Gasteiger partial charge in [0.05, 0.1) is 0 Å². The molecule has 1 heterocycles. The molecule has 0 amide bonds. The molecular formula is C9H5F2N3O2. The molecule has 0 aliphatic rings. The summed E-state index contributed by atoms with van der Waals surface area (Å²) in [7, 11) is 0. The molecule has 0 saturated heterocycles. The summed E-state index contributed by atoms with van der Waals surface area (Å²) in [6.07, 6.45) is 0. The number of aromatic amines is 1. The maximum absolute atomic E-state index is 12.9. The lowest BCUT2D eigenvalue weighted by atomic mass is 10.1. The predicted octanol–water partition coefficient (Wildman–Crippen LogP) is 1.45. The fourth-order valence-electron chi connectivity index (χ4n) is 1.27. The van der Waals surface area contributed by atoms with Gasteiger partial charge >= 0.3 is 5.97 Å². The number of benzene rings is 1. The van der Waals surface area contributed by atoms with E-state index in [4.69, 9.17) is 5.11 Å². The molecule has 1 aromatic heterocycles. The van der Waals surface area contributed by atoms with Crippen molar-refractivity contribution in [3.8, 4) is 11.3 Å². The Morgan fingerprint density at radius 1 is 1.19 bits per heavy atom. The number of carbonyl (C=O) groups is 1. The van der Waals surface area contributed by atoms with Crippen LogP contribution in [0.1, 0.15) is 10.5 Å². The Balaban J connectivity index is 2.58. The minimum absolute atomic E-state index is 0.0173. The van der Waals surface area contributed by atoms with Crippen molar-refractivity contribution in [3.05, 3.63) is 35.5 Å². The maximum atomic E-state index is 12.9. The van der Waals surface area contributed by atoms with Crippen LogP contribution >= 0.6 is 0 Å². The Bertz CT molecular complexity index is 533. The molecule has 0 spiro atoms. The Hall–Kier alpha value is -2.31. The summed E-state index contributed by atoms with van der Waals surface area (Å²) in [6, 6.07) is 2.64. The van der Waals surface area contributed by atoms with Crippen molar-refractivity contribution in [1.29, 1.82) is 0 Å². The van der Waals surface area contributed by atoms with E-state index in [1.54, 1.807) is 0 Å². The molecule has 82 valence electrons. The molecule has 0 unspecified atom stereocenters. The van der Waals surface area contributed by atoms with Gasteiger partial charge in [-0.15, -0.1) is 5.10 Å². The van der Waals surface area contributed by atoms with Crippen LogP contribution in [0.25, 0.3) is 11.3 Å². The molecule has 0 saturated carbocycles. The third kappa shape index (κ3) is 1.74. The highest BCUT2D eigenvalue weighted by Crippen LogP contribution is 2.21. The van der Waals surface area contributed by atoms with Gasteiger partial charge in [-0.1, -0.05) is 0 Å². The third-order valence-electron chi connectivity index (χ3n) is 1.89. The molecule has 2 rings (SSSR count). The average molecular weight is 225 g/mol. The highest BCUT2D eigenvalue weighted by molar-refractivity contribution is 5.92. The number of nitrogens with zero attached hydrogens (tertiary/aromatic N) is 2. The number of carboxylic acid groups (broad SMARTS) is 1. The van der Waals surface area contributed by atoms with E-state index in [9.17, 15) is 13.6 Å². The van der Waals surface area contributed by atoms with E-state index in [1.807, 2.05) is 0 Å². The van der Waals surface area contributed by atoms with E-state index in [0.717, 1.165) is 12.1 Å². The standard InChI is InChI=1S/C9H5F2N3O2/c10-5-1-4(2-6(11)3-5)7-8(9(15)16)13-14-12-7/h1-3H,(H,15,16)(H,12,13,14). The highest BCUT2D eigenvalue weighted by Gasteiger charge is 2.17. The van der Waals surface area contributed by atoms with Crippen molar-refractivity contribution in [1.82, 2.24) is 15.4 Å². The zero-order valence-electron chi connectivity index (χ0n) is 7.74. The van der Waals surface area contributed by atoms with Gasteiger partial charge in [-0.2, -0.15) is 10.3 Å². The van der Waals surface area contributed by atoms with Crippen LogP contribution in [0.3, 0.4) is 0 Å². The molecule has 5 nitrogen and oxygen atoms in total. The topological polar surface area (TPSA) is 78.9 Å². The number of hydrogen-bond donors (Lipinski definition) is 2. The minimum Gasteiger partial charge on any atom is -0.476 e. The van der Waals surface area contributed by atoms with Crippen LogP contribution in [0.5, 0.6) is 0 Å². The van der Waals surface area contributed by atoms with E-state index in [2.05, 4.69) is 15.4 Å². The predicted molar refractivity (Wildman–Crippen MR) is 48.7 cm³/mol. The molecule has 0 atom stereocenters. The zero-order chi connectivity index (χ0) is 11.7. The van der Waals surface area contributed by atoms with E-state index >= 15 is 0 Å². The fraction of sp³-hybridized carbons (Fsp3) is 0. The largest absolute Gasteiger partial charge is 0.476 e. The molecule has 2 aromatic rings. The summed E-state index contributed by atoms with van der Waals surface area (Å²) in [5, 5.41) is 17.7. The van der Waals surface area contributed by atoms with Crippen LogP contribution < -0.4 is 0 Å². The first-order chi connectivity index (χ1) is 7.58. The summed E-state index contributed by atoms with van der Waals surface area (Å²) < 4.78 is 25.8. The SMILES string of the molecule is O=C(O)c1n[nH]nc1-c1cc(F)cc(F)c1. The Morgan fingerprint density at radius 2 is 1.81 bits per heavy atom. The number of carboxylic acids is 1. The number of halogens is 2. The summed E-state index contributed by atoms with van der Waals surface area (Å²) in [5.41, 5.74) is -0.473.